The van der Waals surface area contributed by atoms with Gasteiger partial charge in [0, 0.05) is 18.6 Å². The van der Waals surface area contributed by atoms with E-state index >= 15 is 0 Å². The molecule has 0 aromatic carbocycles. The average molecular weight is 300 g/mol. The Labute approximate surface area is 129 Å². The summed E-state index contributed by atoms with van der Waals surface area (Å²) in [6.45, 7) is 9.36. The highest BCUT2D eigenvalue weighted by molar-refractivity contribution is 5.67. The maximum absolute atomic E-state index is 11.4. The van der Waals surface area contributed by atoms with Gasteiger partial charge in [-0.1, -0.05) is 19.3 Å². The van der Waals surface area contributed by atoms with Crippen molar-refractivity contribution in [3.05, 3.63) is 0 Å². The zero-order valence-electron chi connectivity index (χ0n) is 14.0. The van der Waals surface area contributed by atoms with Crippen molar-refractivity contribution in [2.24, 2.45) is 0 Å². The lowest BCUT2D eigenvalue weighted by atomic mass is 9.95. The molecular formula is C16H32N2O3. The Morgan fingerprint density at radius 3 is 2.52 bits per heavy atom. The number of ether oxygens (including phenoxy) is 2. The van der Waals surface area contributed by atoms with Crippen molar-refractivity contribution < 1.29 is 14.3 Å². The molecule has 1 atom stereocenters. The summed E-state index contributed by atoms with van der Waals surface area (Å²) in [5.41, 5.74) is -0.455. The number of amides is 1. The second kappa shape index (κ2) is 9.26. The Hall–Kier alpha value is -0.810. The van der Waals surface area contributed by atoms with Crippen molar-refractivity contribution in [1.82, 2.24) is 10.6 Å². The topological polar surface area (TPSA) is 59.6 Å². The molecule has 5 heteroatoms. The van der Waals surface area contributed by atoms with Crippen LogP contribution in [0.5, 0.6) is 0 Å². The van der Waals surface area contributed by atoms with E-state index in [1.165, 1.54) is 32.1 Å². The molecular weight excluding hydrogens is 268 g/mol. The molecule has 0 heterocycles. The third-order valence-electron chi connectivity index (χ3n) is 3.41. The zero-order valence-corrected chi connectivity index (χ0v) is 14.0. The highest BCUT2D eigenvalue weighted by Gasteiger charge is 2.16. The van der Waals surface area contributed by atoms with Crippen LogP contribution in [0.2, 0.25) is 0 Å². The Morgan fingerprint density at radius 2 is 1.90 bits per heavy atom. The van der Waals surface area contributed by atoms with Gasteiger partial charge in [-0.25, -0.2) is 4.79 Å². The summed E-state index contributed by atoms with van der Waals surface area (Å²) < 4.78 is 10.7. The van der Waals surface area contributed by atoms with Crippen LogP contribution in [0.25, 0.3) is 0 Å². The van der Waals surface area contributed by atoms with Gasteiger partial charge < -0.3 is 20.1 Å². The largest absolute Gasteiger partial charge is 0.444 e. The zero-order chi connectivity index (χ0) is 15.7. The van der Waals surface area contributed by atoms with Gasteiger partial charge in [0.05, 0.1) is 13.2 Å². The maximum atomic E-state index is 11.4. The van der Waals surface area contributed by atoms with Crippen molar-refractivity contribution >= 4 is 6.09 Å². The van der Waals surface area contributed by atoms with Crippen LogP contribution >= 0.6 is 0 Å². The lowest BCUT2D eigenvalue weighted by Crippen LogP contribution is -2.40. The van der Waals surface area contributed by atoms with Crippen molar-refractivity contribution in [2.45, 2.75) is 77.5 Å². The molecule has 0 radical (unpaired) electrons. The summed E-state index contributed by atoms with van der Waals surface area (Å²) in [7, 11) is 0. The molecule has 0 aromatic rings. The van der Waals surface area contributed by atoms with Gasteiger partial charge >= 0.3 is 6.09 Å². The number of carbonyl (C=O) groups is 1. The fourth-order valence-electron chi connectivity index (χ4n) is 2.52. The van der Waals surface area contributed by atoms with E-state index in [9.17, 15) is 4.79 Å². The minimum atomic E-state index is -0.455. The van der Waals surface area contributed by atoms with Crippen molar-refractivity contribution in [3.8, 4) is 0 Å². The first-order chi connectivity index (χ1) is 9.87. The van der Waals surface area contributed by atoms with Gasteiger partial charge in [0.2, 0.25) is 0 Å². The highest BCUT2D eigenvalue weighted by Crippen LogP contribution is 2.17. The van der Waals surface area contributed by atoms with E-state index in [-0.39, 0.29) is 6.09 Å². The maximum Gasteiger partial charge on any atom is 0.407 e. The lowest BCUT2D eigenvalue weighted by molar-refractivity contribution is 0.0492. The van der Waals surface area contributed by atoms with Gasteiger partial charge in [-0.15, -0.1) is 0 Å². The number of hydrogen-bond donors (Lipinski definition) is 2. The van der Waals surface area contributed by atoms with Crippen LogP contribution in [0.1, 0.15) is 59.8 Å². The molecule has 2 N–H and O–H groups in total. The van der Waals surface area contributed by atoms with Crippen LogP contribution in [-0.4, -0.2) is 43.5 Å². The monoisotopic (exact) mass is 300 g/mol. The van der Waals surface area contributed by atoms with Crippen LogP contribution in [0, 0.1) is 0 Å². The lowest BCUT2D eigenvalue weighted by Gasteiger charge is -2.26. The number of rotatable bonds is 7. The van der Waals surface area contributed by atoms with Gasteiger partial charge in [-0.05, 0) is 40.5 Å². The second-order valence-corrected chi connectivity index (χ2v) is 6.91. The predicted octanol–water partition coefficient (Wildman–Crippen LogP) is 2.84. The summed E-state index contributed by atoms with van der Waals surface area (Å²) in [6, 6.07) is 1.01. The van der Waals surface area contributed by atoms with E-state index in [2.05, 4.69) is 17.6 Å². The minimum absolute atomic E-state index is 0.356. The minimum Gasteiger partial charge on any atom is -0.444 e. The molecule has 0 saturated heterocycles. The summed E-state index contributed by atoms with van der Waals surface area (Å²) in [4.78, 5) is 11.4. The van der Waals surface area contributed by atoms with Crippen LogP contribution in [0.3, 0.4) is 0 Å². The molecule has 5 nitrogen and oxygen atoms in total. The van der Waals surface area contributed by atoms with E-state index in [4.69, 9.17) is 9.47 Å². The molecule has 1 unspecified atom stereocenters. The Kier molecular flexibility index (Phi) is 8.04. The Bertz CT molecular complexity index is 296. The third kappa shape index (κ3) is 9.69. The molecule has 1 aliphatic rings. The molecule has 124 valence electrons. The summed E-state index contributed by atoms with van der Waals surface area (Å²) in [5, 5.41) is 6.30. The quantitative estimate of drug-likeness (QED) is 0.710. The van der Waals surface area contributed by atoms with Crippen molar-refractivity contribution in [3.63, 3.8) is 0 Å². The molecule has 0 spiro atoms. The Balaban J connectivity index is 1.99. The average Bonchev–Trinajstić information content (AvgIpc) is 2.37. The SMILES string of the molecule is CC(COCCNC(=O)OC(C)(C)C)NC1CCCCC1. The molecule has 21 heavy (non-hydrogen) atoms. The molecule has 1 saturated carbocycles. The second-order valence-electron chi connectivity index (χ2n) is 6.91. The number of nitrogens with one attached hydrogen (secondary N) is 2. The molecule has 0 bridgehead atoms. The van der Waals surface area contributed by atoms with Gasteiger partial charge in [0.1, 0.15) is 5.60 Å². The molecule has 1 fully saturated rings. The van der Waals surface area contributed by atoms with E-state index in [0.29, 0.717) is 31.8 Å². The predicted molar refractivity (Wildman–Crippen MR) is 84.5 cm³/mol. The number of hydrogen-bond acceptors (Lipinski definition) is 4. The van der Waals surface area contributed by atoms with Crippen molar-refractivity contribution in [1.29, 1.82) is 0 Å². The first-order valence-corrected chi connectivity index (χ1v) is 8.17. The molecule has 0 aliphatic heterocycles. The van der Waals surface area contributed by atoms with Crippen LogP contribution in [0.4, 0.5) is 4.79 Å². The molecule has 0 aromatic heterocycles. The highest BCUT2D eigenvalue weighted by atomic mass is 16.6. The first kappa shape index (κ1) is 18.2. The number of alkyl carbamates (subject to hydrolysis) is 1. The van der Waals surface area contributed by atoms with E-state index in [1.54, 1.807) is 0 Å². The van der Waals surface area contributed by atoms with Crippen LogP contribution < -0.4 is 10.6 Å². The van der Waals surface area contributed by atoms with Crippen LogP contribution in [0.15, 0.2) is 0 Å². The molecule has 1 aliphatic carbocycles. The summed E-state index contributed by atoms with van der Waals surface area (Å²) in [6.07, 6.45) is 6.23. The molecule has 1 rings (SSSR count). The summed E-state index contributed by atoms with van der Waals surface area (Å²) in [5.74, 6) is 0. The fraction of sp³-hybridized carbons (Fsp3) is 0.938. The first-order valence-electron chi connectivity index (χ1n) is 8.17. The summed E-state index contributed by atoms with van der Waals surface area (Å²) >= 11 is 0. The van der Waals surface area contributed by atoms with E-state index < -0.39 is 5.60 Å². The van der Waals surface area contributed by atoms with E-state index in [0.717, 1.165) is 0 Å². The smallest absolute Gasteiger partial charge is 0.407 e. The van der Waals surface area contributed by atoms with E-state index in [1.807, 2.05) is 20.8 Å². The van der Waals surface area contributed by atoms with Gasteiger partial charge in [-0.2, -0.15) is 0 Å². The van der Waals surface area contributed by atoms with Gasteiger partial charge in [0.25, 0.3) is 0 Å². The fourth-order valence-corrected chi connectivity index (χ4v) is 2.52. The van der Waals surface area contributed by atoms with Crippen molar-refractivity contribution in [2.75, 3.05) is 19.8 Å². The number of carbonyl (C=O) groups excluding carboxylic acids is 1. The normalized spacial score (nSPS) is 18.3. The van der Waals surface area contributed by atoms with Gasteiger partial charge in [0.15, 0.2) is 0 Å². The van der Waals surface area contributed by atoms with Gasteiger partial charge in [-0.3, -0.25) is 0 Å². The standard InChI is InChI=1S/C16H32N2O3/c1-13(18-14-8-6-5-7-9-14)12-20-11-10-17-15(19)21-16(2,3)4/h13-14,18H,5-12H2,1-4H3,(H,17,19). The molecule has 1 amide bonds. The third-order valence-corrected chi connectivity index (χ3v) is 3.41. The Morgan fingerprint density at radius 1 is 1.24 bits per heavy atom. The van der Waals surface area contributed by atoms with Crippen LogP contribution in [-0.2, 0) is 9.47 Å².